The fourth-order valence-corrected chi connectivity index (χ4v) is 2.93. The zero-order chi connectivity index (χ0) is 17.4. The number of benzene rings is 1. The number of aryl methyl sites for hydroxylation is 2. The third kappa shape index (κ3) is 2.92. The van der Waals surface area contributed by atoms with E-state index in [1.54, 1.807) is 0 Å². The molecule has 6 nitrogen and oxygen atoms in total. The van der Waals surface area contributed by atoms with Crippen LogP contribution in [0.5, 0.6) is 0 Å². The molecule has 126 valence electrons. The number of rotatable bonds is 4. The molecule has 0 aliphatic carbocycles. The van der Waals surface area contributed by atoms with Gasteiger partial charge in [0.1, 0.15) is 0 Å². The highest BCUT2D eigenvalue weighted by atomic mass is 16.1. The Kier molecular flexibility index (Phi) is 4.15. The van der Waals surface area contributed by atoms with Crippen molar-refractivity contribution in [3.05, 3.63) is 46.8 Å². The monoisotopic (exact) mass is 325 g/mol. The number of fused-ring (bicyclic) bond motifs is 1. The minimum atomic E-state index is -0.152. The van der Waals surface area contributed by atoms with Gasteiger partial charge in [-0.3, -0.25) is 9.89 Å². The molecular weight excluding hydrogens is 302 g/mol. The highest BCUT2D eigenvalue weighted by molar-refractivity contribution is 6.06. The average Bonchev–Trinajstić information content (AvgIpc) is 3.05. The molecule has 24 heavy (non-hydrogen) atoms. The van der Waals surface area contributed by atoms with Crippen molar-refractivity contribution in [3.63, 3.8) is 0 Å². The Morgan fingerprint density at radius 1 is 1.29 bits per heavy atom. The number of carbonyl (C=O) groups excluding carboxylic acids is 1. The van der Waals surface area contributed by atoms with Crippen LogP contribution >= 0.6 is 0 Å². The van der Waals surface area contributed by atoms with E-state index in [1.165, 1.54) is 11.3 Å². The van der Waals surface area contributed by atoms with Crippen LogP contribution in [0.1, 0.15) is 27.3 Å². The Labute approximate surface area is 141 Å². The lowest BCUT2D eigenvalue weighted by Gasteiger charge is -2.05. The van der Waals surface area contributed by atoms with Crippen LogP contribution in [0.4, 0.5) is 5.82 Å². The molecule has 0 aliphatic rings. The summed E-state index contributed by atoms with van der Waals surface area (Å²) in [7, 11) is 6.01. The SMILES string of the molecule is Cc1c(C)n(C)c2ccc(C(=O)Nc3cc(CN(C)C)[nH]n3)cc12. The lowest BCUT2D eigenvalue weighted by molar-refractivity contribution is 0.102. The van der Waals surface area contributed by atoms with Crippen molar-refractivity contribution in [2.45, 2.75) is 20.4 Å². The standard InChI is InChI=1S/C18H23N5O/c1-11-12(2)23(5)16-7-6-13(8-15(11)16)18(24)19-17-9-14(20-21-17)10-22(3)4/h6-9H,10H2,1-5H3,(H2,19,20,21,24). The Balaban J connectivity index is 1.83. The van der Waals surface area contributed by atoms with E-state index in [2.05, 4.69) is 33.9 Å². The molecule has 0 saturated heterocycles. The first-order chi connectivity index (χ1) is 11.4. The third-order valence-corrected chi connectivity index (χ3v) is 4.43. The van der Waals surface area contributed by atoms with Crippen LogP contribution in [-0.4, -0.2) is 39.7 Å². The van der Waals surface area contributed by atoms with E-state index in [9.17, 15) is 4.79 Å². The molecule has 2 heterocycles. The molecule has 0 aliphatic heterocycles. The van der Waals surface area contributed by atoms with Gasteiger partial charge in [-0.25, -0.2) is 0 Å². The molecule has 2 N–H and O–H groups in total. The second-order valence-corrected chi connectivity index (χ2v) is 6.47. The molecule has 1 amide bonds. The number of nitrogens with one attached hydrogen (secondary N) is 2. The number of anilines is 1. The maximum absolute atomic E-state index is 12.5. The van der Waals surface area contributed by atoms with Crippen molar-refractivity contribution in [1.29, 1.82) is 0 Å². The highest BCUT2D eigenvalue weighted by Crippen LogP contribution is 2.25. The Morgan fingerprint density at radius 3 is 2.75 bits per heavy atom. The number of aromatic amines is 1. The van der Waals surface area contributed by atoms with Gasteiger partial charge in [-0.05, 0) is 51.7 Å². The van der Waals surface area contributed by atoms with E-state index in [0.717, 1.165) is 23.1 Å². The summed E-state index contributed by atoms with van der Waals surface area (Å²) in [6.07, 6.45) is 0. The van der Waals surface area contributed by atoms with Crippen molar-refractivity contribution < 1.29 is 4.79 Å². The van der Waals surface area contributed by atoms with Gasteiger partial charge in [0.25, 0.3) is 5.91 Å². The molecule has 0 fully saturated rings. The number of hydrogen-bond donors (Lipinski definition) is 2. The number of H-pyrrole nitrogens is 1. The van der Waals surface area contributed by atoms with Gasteiger partial charge in [-0.2, -0.15) is 5.10 Å². The molecule has 0 atom stereocenters. The summed E-state index contributed by atoms with van der Waals surface area (Å²) in [4.78, 5) is 14.5. The van der Waals surface area contributed by atoms with Crippen molar-refractivity contribution >= 4 is 22.6 Å². The lowest BCUT2D eigenvalue weighted by atomic mass is 10.1. The zero-order valence-corrected chi connectivity index (χ0v) is 14.8. The van der Waals surface area contributed by atoms with Gasteiger partial charge in [-0.1, -0.05) is 0 Å². The minimum absolute atomic E-state index is 0.152. The first-order valence-electron chi connectivity index (χ1n) is 7.93. The van der Waals surface area contributed by atoms with Gasteiger partial charge in [-0.15, -0.1) is 0 Å². The van der Waals surface area contributed by atoms with E-state index in [1.807, 2.05) is 50.3 Å². The molecule has 2 aromatic heterocycles. The maximum Gasteiger partial charge on any atom is 0.256 e. The van der Waals surface area contributed by atoms with Crippen LogP contribution in [0, 0.1) is 13.8 Å². The molecule has 1 aromatic carbocycles. The summed E-state index contributed by atoms with van der Waals surface area (Å²) < 4.78 is 2.15. The van der Waals surface area contributed by atoms with Crippen LogP contribution in [0.2, 0.25) is 0 Å². The molecule has 0 bridgehead atoms. The summed E-state index contributed by atoms with van der Waals surface area (Å²) >= 11 is 0. The quantitative estimate of drug-likeness (QED) is 0.775. The lowest BCUT2D eigenvalue weighted by Crippen LogP contribution is -2.12. The van der Waals surface area contributed by atoms with Crippen LogP contribution in [0.15, 0.2) is 24.3 Å². The summed E-state index contributed by atoms with van der Waals surface area (Å²) in [6, 6.07) is 7.64. The smallest absolute Gasteiger partial charge is 0.256 e. The van der Waals surface area contributed by atoms with E-state index >= 15 is 0 Å². The third-order valence-electron chi connectivity index (χ3n) is 4.43. The average molecular weight is 325 g/mol. The predicted octanol–water partition coefficient (Wildman–Crippen LogP) is 2.83. The van der Waals surface area contributed by atoms with Crippen LogP contribution in [0.25, 0.3) is 10.9 Å². The summed E-state index contributed by atoms with van der Waals surface area (Å²) in [5.74, 6) is 0.388. The second-order valence-electron chi connectivity index (χ2n) is 6.47. The van der Waals surface area contributed by atoms with Gasteiger partial charge in [0.05, 0.1) is 5.69 Å². The van der Waals surface area contributed by atoms with Gasteiger partial charge in [0.15, 0.2) is 5.82 Å². The number of hydrogen-bond acceptors (Lipinski definition) is 3. The molecule has 0 saturated carbocycles. The van der Waals surface area contributed by atoms with E-state index in [-0.39, 0.29) is 5.91 Å². The molecule has 3 rings (SSSR count). The predicted molar refractivity (Wildman–Crippen MR) is 96.3 cm³/mol. The van der Waals surface area contributed by atoms with Gasteiger partial charge in [0, 0.05) is 41.8 Å². The highest BCUT2D eigenvalue weighted by Gasteiger charge is 2.13. The molecule has 0 unspecified atom stereocenters. The first-order valence-corrected chi connectivity index (χ1v) is 7.93. The van der Waals surface area contributed by atoms with Crippen LogP contribution < -0.4 is 5.32 Å². The largest absolute Gasteiger partial charge is 0.348 e. The topological polar surface area (TPSA) is 66.0 Å². The summed E-state index contributed by atoms with van der Waals surface area (Å²) in [5.41, 5.74) is 5.14. The molecule has 0 spiro atoms. The van der Waals surface area contributed by atoms with Crippen LogP contribution in [0.3, 0.4) is 0 Å². The second kappa shape index (κ2) is 6.13. The summed E-state index contributed by atoms with van der Waals surface area (Å²) in [5, 5.41) is 11.0. The first kappa shape index (κ1) is 16.3. The van der Waals surface area contributed by atoms with Crippen molar-refractivity contribution in [2.75, 3.05) is 19.4 Å². The molecule has 6 heteroatoms. The van der Waals surface area contributed by atoms with Crippen LogP contribution in [-0.2, 0) is 13.6 Å². The fourth-order valence-electron chi connectivity index (χ4n) is 2.93. The van der Waals surface area contributed by atoms with Gasteiger partial charge >= 0.3 is 0 Å². The molecule has 3 aromatic rings. The number of aromatic nitrogens is 3. The molecule has 0 radical (unpaired) electrons. The van der Waals surface area contributed by atoms with Crippen molar-refractivity contribution in [1.82, 2.24) is 19.7 Å². The van der Waals surface area contributed by atoms with Crippen molar-refractivity contribution in [2.24, 2.45) is 7.05 Å². The summed E-state index contributed by atoms with van der Waals surface area (Å²) in [6.45, 7) is 4.92. The minimum Gasteiger partial charge on any atom is -0.348 e. The van der Waals surface area contributed by atoms with Gasteiger partial charge < -0.3 is 14.8 Å². The normalized spacial score (nSPS) is 11.4. The number of carbonyl (C=O) groups is 1. The van der Waals surface area contributed by atoms with E-state index in [0.29, 0.717) is 11.4 Å². The Bertz CT molecular complexity index is 904. The Hall–Kier alpha value is -2.60. The maximum atomic E-state index is 12.5. The van der Waals surface area contributed by atoms with Gasteiger partial charge in [0.2, 0.25) is 0 Å². The zero-order valence-electron chi connectivity index (χ0n) is 14.8. The molecular formula is C18H23N5O. The van der Waals surface area contributed by atoms with Crippen molar-refractivity contribution in [3.8, 4) is 0 Å². The number of nitrogens with zero attached hydrogens (tertiary/aromatic N) is 3. The Morgan fingerprint density at radius 2 is 2.04 bits per heavy atom. The van der Waals surface area contributed by atoms with E-state index < -0.39 is 0 Å². The number of amides is 1. The van der Waals surface area contributed by atoms with E-state index in [4.69, 9.17) is 0 Å². The fraction of sp³-hybridized carbons (Fsp3) is 0.333.